The lowest BCUT2D eigenvalue weighted by atomic mass is 10.0. The molecule has 0 amide bonds. The zero-order chi connectivity index (χ0) is 44.8. The molecule has 4 aromatic heterocycles. The molecule has 0 bridgehead atoms. The van der Waals surface area contributed by atoms with Crippen molar-refractivity contribution in [3.8, 4) is 34.0 Å². The number of rotatable bonds is 6. The van der Waals surface area contributed by atoms with E-state index in [1.807, 2.05) is 65.3 Å². The van der Waals surface area contributed by atoms with Gasteiger partial charge in [0.25, 0.3) is 0 Å². The first-order chi connectivity index (χ1) is 30.5. The normalized spacial score (nSPS) is 15.8. The quantitative estimate of drug-likeness (QED) is 0.0820. The Kier molecular flexibility index (Phi) is 14.1. The van der Waals surface area contributed by atoms with Crippen LogP contribution in [0, 0.1) is 12.7 Å². The smallest absolute Gasteiger partial charge is 0.189 e. The van der Waals surface area contributed by atoms with E-state index in [0.717, 1.165) is 73.6 Å². The molecule has 10 rings (SSSR count). The van der Waals surface area contributed by atoms with Gasteiger partial charge in [0, 0.05) is 105 Å². The molecule has 330 valence electrons. The Hall–Kier alpha value is -6.23. The Morgan fingerprint density at radius 1 is 0.905 bits per heavy atom. The van der Waals surface area contributed by atoms with Crippen LogP contribution in [0.4, 0.5) is 21.6 Å². The highest BCUT2D eigenvalue weighted by Crippen LogP contribution is 2.39. The first-order valence-electron chi connectivity index (χ1n) is 21.4. The lowest BCUT2D eigenvalue weighted by Gasteiger charge is -2.29. The minimum Gasteiger partial charge on any atom is -0.507 e. The number of fused-ring (bicyclic) bond motifs is 3. The maximum Gasteiger partial charge on any atom is 0.189 e. The molecule has 3 aromatic carbocycles. The van der Waals surface area contributed by atoms with Crippen LogP contribution < -0.4 is 26.2 Å². The van der Waals surface area contributed by atoms with Crippen LogP contribution in [0.2, 0.25) is 5.02 Å². The van der Waals surface area contributed by atoms with Gasteiger partial charge in [-0.05, 0) is 56.8 Å². The second-order valence-electron chi connectivity index (χ2n) is 15.5. The fraction of sp³-hybridized carbons (Fsp3) is 0.370. The van der Waals surface area contributed by atoms with Crippen molar-refractivity contribution in [1.29, 1.82) is 0 Å². The van der Waals surface area contributed by atoms with Gasteiger partial charge < -0.3 is 36.4 Å². The molecular formula is C46H55ClFN13O2. The summed E-state index contributed by atoms with van der Waals surface area (Å²) < 4.78 is 16.1. The predicted octanol–water partition coefficient (Wildman–Crippen LogP) is 7.42. The van der Waals surface area contributed by atoms with E-state index < -0.39 is 11.6 Å². The topological polar surface area (TPSA) is 192 Å². The summed E-state index contributed by atoms with van der Waals surface area (Å²) in [6.07, 6.45) is 12.2. The molecule has 1 unspecified atom stereocenters. The fourth-order valence-electron chi connectivity index (χ4n) is 7.45. The average molecular weight is 876 g/mol. The van der Waals surface area contributed by atoms with Gasteiger partial charge in [0.2, 0.25) is 0 Å². The SMILES string of the molecule is C1CC1.CC.CN=Cc1cc(-c2cnc3cc(N4CCNCC4)ccc3n2)c(O)c(F)c1N.CNC1CCN(c2cnc3nc(-c4cc5cn(C)nc5c(C)c4O)cc(Cl)c3n2)C1. The van der Waals surface area contributed by atoms with Crippen LogP contribution in [0.25, 0.3) is 55.6 Å². The van der Waals surface area contributed by atoms with Crippen LogP contribution in [-0.2, 0) is 7.05 Å². The molecule has 3 fully saturated rings. The number of aliphatic imine (C=N–C) groups is 1. The van der Waals surface area contributed by atoms with E-state index in [2.05, 4.69) is 50.5 Å². The highest BCUT2D eigenvalue weighted by atomic mass is 35.5. The number of anilines is 3. The molecule has 1 saturated carbocycles. The second kappa shape index (κ2) is 19.9. The summed E-state index contributed by atoms with van der Waals surface area (Å²) >= 11 is 6.59. The van der Waals surface area contributed by atoms with Crippen molar-refractivity contribution in [2.24, 2.45) is 12.0 Å². The molecule has 0 radical (unpaired) electrons. The fourth-order valence-corrected chi connectivity index (χ4v) is 7.68. The molecule has 7 aromatic rings. The number of nitrogens with one attached hydrogen (secondary N) is 2. The van der Waals surface area contributed by atoms with Gasteiger partial charge in [0.1, 0.15) is 17.1 Å². The summed E-state index contributed by atoms with van der Waals surface area (Å²) in [7, 11) is 5.39. The molecule has 2 saturated heterocycles. The molecule has 3 aliphatic rings. The number of hydrogen-bond donors (Lipinski definition) is 5. The van der Waals surface area contributed by atoms with E-state index in [9.17, 15) is 14.6 Å². The van der Waals surface area contributed by atoms with Crippen LogP contribution in [0.5, 0.6) is 11.5 Å². The van der Waals surface area contributed by atoms with Crippen LogP contribution in [-0.4, -0.2) is 111 Å². The summed E-state index contributed by atoms with van der Waals surface area (Å²) in [4.78, 5) is 31.3. The maximum absolute atomic E-state index is 14.3. The van der Waals surface area contributed by atoms with Crippen molar-refractivity contribution in [3.63, 3.8) is 0 Å². The monoisotopic (exact) mass is 875 g/mol. The molecule has 1 atom stereocenters. The van der Waals surface area contributed by atoms with Crippen molar-refractivity contribution in [1.82, 2.24) is 45.3 Å². The van der Waals surface area contributed by atoms with Crippen LogP contribution in [0.15, 0.2) is 60.0 Å². The van der Waals surface area contributed by atoms with Crippen molar-refractivity contribution < 1.29 is 14.6 Å². The number of aryl methyl sites for hydroxylation is 2. The van der Waals surface area contributed by atoms with Gasteiger partial charge >= 0.3 is 0 Å². The number of aromatic nitrogens is 7. The van der Waals surface area contributed by atoms with Crippen molar-refractivity contribution >= 4 is 68.1 Å². The van der Waals surface area contributed by atoms with Crippen molar-refractivity contribution in [2.45, 2.75) is 52.5 Å². The minimum absolute atomic E-state index is 0.142. The number of nitrogens with zero attached hydrogens (tertiary/aromatic N) is 10. The number of phenolic OH excluding ortho intramolecular Hbond substituents is 2. The number of nitrogens with two attached hydrogens (primary N) is 1. The van der Waals surface area contributed by atoms with Crippen LogP contribution in [0.1, 0.15) is 50.7 Å². The van der Waals surface area contributed by atoms with E-state index in [-0.39, 0.29) is 17.0 Å². The Morgan fingerprint density at radius 2 is 1.65 bits per heavy atom. The standard InChI is InChI=1S/C21H22ClN7O.C20H21FN6O.C3H6.C2H6/c1-11-18-12(9-28(3)27-18)6-14(20(11)30)16-7-15(22)19-21(25-16)24-8-17(26-19)29-5-4-13(10-29)23-2;1-23-10-12-8-14(20(28)18(21)19(12)22)17-11-25-16-9-13(2-3-15(16)26-17)27-6-4-24-5-7-27;1-2-3-1;1-2/h6-9,13,23,30H,4-5,10H2,1-3H3;2-3,8-11,24,28H,4-7,22H2,1H3;1-3H2;1-2H3. The second-order valence-corrected chi connectivity index (χ2v) is 15.9. The number of pyridine rings is 1. The molecule has 6 N–H and O–H groups in total. The zero-order valence-corrected chi connectivity index (χ0v) is 37.4. The molecule has 17 heteroatoms. The number of benzene rings is 3. The number of piperazine rings is 1. The highest BCUT2D eigenvalue weighted by Gasteiger charge is 2.24. The van der Waals surface area contributed by atoms with Gasteiger partial charge in [-0.2, -0.15) is 5.10 Å². The summed E-state index contributed by atoms with van der Waals surface area (Å²) in [5, 5.41) is 33.4. The number of phenols is 2. The molecule has 63 heavy (non-hydrogen) atoms. The van der Waals surface area contributed by atoms with Gasteiger partial charge in [-0.25, -0.2) is 24.3 Å². The lowest BCUT2D eigenvalue weighted by Crippen LogP contribution is -2.43. The van der Waals surface area contributed by atoms with E-state index in [0.29, 0.717) is 55.8 Å². The first-order valence-corrected chi connectivity index (χ1v) is 21.8. The largest absolute Gasteiger partial charge is 0.507 e. The maximum atomic E-state index is 14.3. The van der Waals surface area contributed by atoms with Gasteiger partial charge in [-0.3, -0.25) is 14.7 Å². The van der Waals surface area contributed by atoms with Gasteiger partial charge in [-0.1, -0.05) is 44.7 Å². The van der Waals surface area contributed by atoms with Crippen molar-refractivity contribution in [3.05, 3.63) is 77.0 Å². The number of aromatic hydroxyl groups is 2. The van der Waals surface area contributed by atoms with Crippen LogP contribution >= 0.6 is 11.6 Å². The number of halogens is 2. The Morgan fingerprint density at radius 3 is 2.35 bits per heavy atom. The summed E-state index contributed by atoms with van der Waals surface area (Å²) in [5.41, 5.74) is 12.7. The predicted molar refractivity (Wildman–Crippen MR) is 253 cm³/mol. The minimum atomic E-state index is -0.886. The third kappa shape index (κ3) is 9.88. The highest BCUT2D eigenvalue weighted by molar-refractivity contribution is 6.35. The summed E-state index contributed by atoms with van der Waals surface area (Å²) in [6, 6.07) is 11.5. The molecule has 1 aliphatic carbocycles. The third-order valence-electron chi connectivity index (χ3n) is 11.0. The third-order valence-corrected chi connectivity index (χ3v) is 11.3. The molecule has 6 heterocycles. The Labute approximate surface area is 371 Å². The zero-order valence-electron chi connectivity index (χ0n) is 36.6. The van der Waals surface area contributed by atoms with E-state index >= 15 is 0 Å². The lowest BCUT2D eigenvalue weighted by molar-refractivity contribution is 0.436. The average Bonchev–Trinajstić information content (AvgIpc) is 4.04. The van der Waals surface area contributed by atoms with Gasteiger partial charge in [-0.15, -0.1) is 0 Å². The molecule has 15 nitrogen and oxygen atoms in total. The van der Waals surface area contributed by atoms with E-state index in [1.54, 1.807) is 30.1 Å². The number of likely N-dealkylation sites (N-methyl/N-ethyl adjacent to an activating group) is 1. The Balaban J connectivity index is 0.000000171. The van der Waals surface area contributed by atoms with E-state index in [4.69, 9.17) is 22.3 Å². The molecule has 0 spiro atoms. The Bertz CT molecular complexity index is 2770. The molecular weight excluding hydrogens is 821 g/mol. The summed E-state index contributed by atoms with van der Waals surface area (Å²) in [5.74, 6) is -0.490. The molecule has 2 aliphatic heterocycles. The van der Waals surface area contributed by atoms with Crippen LogP contribution in [0.3, 0.4) is 0 Å². The van der Waals surface area contributed by atoms with E-state index in [1.165, 1.54) is 31.7 Å². The van der Waals surface area contributed by atoms with Gasteiger partial charge in [0.05, 0.1) is 51.0 Å². The van der Waals surface area contributed by atoms with Gasteiger partial charge in [0.15, 0.2) is 17.2 Å². The first kappa shape index (κ1) is 44.8. The number of nitrogen functional groups attached to an aromatic ring is 1. The number of hydrogen-bond acceptors (Lipinski definition) is 14. The summed E-state index contributed by atoms with van der Waals surface area (Å²) in [6.45, 7) is 11.4. The van der Waals surface area contributed by atoms with Crippen molar-refractivity contribution in [2.75, 3.05) is 68.9 Å².